The Balaban J connectivity index is 1.40. The molecular formula is C28H33ClN6O. The maximum Gasteiger partial charge on any atom is 0.279 e. The number of hydrogen-bond acceptors (Lipinski definition) is 4. The highest BCUT2D eigenvalue weighted by Gasteiger charge is 2.48. The minimum absolute atomic E-state index is 0.0112. The fourth-order valence-electron chi connectivity index (χ4n) is 5.92. The van der Waals surface area contributed by atoms with Crippen LogP contribution in [0.1, 0.15) is 62.1 Å². The van der Waals surface area contributed by atoms with Crippen LogP contribution in [0.5, 0.6) is 0 Å². The lowest BCUT2D eigenvalue weighted by Crippen LogP contribution is -2.43. The molecule has 0 bridgehead atoms. The van der Waals surface area contributed by atoms with E-state index < -0.39 is 13.0 Å². The molecule has 0 spiro atoms. The molecule has 0 amide bonds. The van der Waals surface area contributed by atoms with Gasteiger partial charge in [0, 0.05) is 48.5 Å². The fraction of sp³-hybridized carbons (Fsp3) is 0.464. The van der Waals surface area contributed by atoms with Crippen molar-refractivity contribution in [2.45, 2.75) is 51.5 Å². The largest absolute Gasteiger partial charge is 0.353 e. The summed E-state index contributed by atoms with van der Waals surface area (Å²) in [6, 6.07) is 9.64. The molecular weight excluding hydrogens is 472 g/mol. The second-order valence-corrected chi connectivity index (χ2v) is 10.9. The number of fused-ring (bicyclic) bond motifs is 1. The smallest absolute Gasteiger partial charge is 0.279 e. The first-order valence-electron chi connectivity index (χ1n) is 14.5. The van der Waals surface area contributed by atoms with Gasteiger partial charge in [-0.2, -0.15) is 0 Å². The van der Waals surface area contributed by atoms with Gasteiger partial charge in [-0.1, -0.05) is 37.6 Å². The lowest BCUT2D eigenvalue weighted by molar-refractivity contribution is 0.175. The number of aromatic amines is 1. The van der Waals surface area contributed by atoms with E-state index in [1.807, 2.05) is 29.8 Å². The number of nitrogens with one attached hydrogen (secondary N) is 1. The van der Waals surface area contributed by atoms with Crippen molar-refractivity contribution < 1.29 is 5.48 Å². The minimum atomic E-state index is -1.83. The van der Waals surface area contributed by atoms with Gasteiger partial charge in [0.25, 0.3) is 5.56 Å². The Kier molecular flexibility index (Phi) is 4.75. The van der Waals surface area contributed by atoms with E-state index in [0.29, 0.717) is 39.6 Å². The lowest BCUT2D eigenvalue weighted by Gasteiger charge is -2.46. The van der Waals surface area contributed by atoms with Gasteiger partial charge in [0.1, 0.15) is 17.7 Å². The van der Waals surface area contributed by atoms with Crippen molar-refractivity contribution >= 4 is 22.5 Å². The van der Waals surface area contributed by atoms with Crippen LogP contribution in [-0.2, 0) is 19.0 Å². The number of benzene rings is 1. The Labute approximate surface area is 221 Å². The molecule has 1 N–H and O–H groups in total. The van der Waals surface area contributed by atoms with E-state index in [4.69, 9.17) is 17.1 Å². The standard InChI is InChI=1S/C28H33ClN6O/c1-18-6-5-9-34(14-18)15-21-11-23-24(29)16-35(26(36)25(23)31-21)22-8-4-7-20(10-22)28(12-19(2)13-28)27-32-30-17-33(27)3/h4,7-8,10-11,16-19,31H,5-6,9,12-15H2,1-3H3/t18-,19?,28?/m0/s1/i9D2,14D2. The highest BCUT2D eigenvalue weighted by atomic mass is 35.5. The molecule has 1 aliphatic carbocycles. The topological polar surface area (TPSA) is 71.7 Å². The third kappa shape index (κ3) is 3.89. The van der Waals surface area contributed by atoms with Gasteiger partial charge in [-0.05, 0) is 67.8 Å². The average Bonchev–Trinajstić information content (AvgIpc) is 3.52. The summed E-state index contributed by atoms with van der Waals surface area (Å²) >= 11 is 6.70. The van der Waals surface area contributed by atoms with Crippen LogP contribution in [0.25, 0.3) is 16.6 Å². The summed E-state index contributed by atoms with van der Waals surface area (Å²) < 4.78 is 37.5. The van der Waals surface area contributed by atoms with Crippen LogP contribution in [0.2, 0.25) is 5.02 Å². The van der Waals surface area contributed by atoms with Crippen molar-refractivity contribution in [1.82, 2.24) is 29.2 Å². The molecule has 1 aromatic carbocycles. The molecule has 36 heavy (non-hydrogen) atoms. The number of nitrogens with zero attached hydrogens (tertiary/aromatic N) is 5. The monoisotopic (exact) mass is 508 g/mol. The highest BCUT2D eigenvalue weighted by molar-refractivity contribution is 6.35. The zero-order valence-corrected chi connectivity index (χ0v) is 21.5. The number of likely N-dealkylation sites (tertiary alicyclic amines) is 1. The average molecular weight is 509 g/mol. The summed E-state index contributed by atoms with van der Waals surface area (Å²) in [5.74, 6) is 1.13. The van der Waals surface area contributed by atoms with Crippen molar-refractivity contribution in [2.75, 3.05) is 13.0 Å². The molecule has 4 aromatic rings. The summed E-state index contributed by atoms with van der Waals surface area (Å²) in [6.07, 6.45) is 5.92. The normalized spacial score (nSPS) is 29.2. The van der Waals surface area contributed by atoms with Gasteiger partial charge >= 0.3 is 0 Å². The zero-order chi connectivity index (χ0) is 28.6. The second-order valence-electron chi connectivity index (χ2n) is 10.5. The Morgan fingerprint density at radius 2 is 2.08 bits per heavy atom. The van der Waals surface area contributed by atoms with Crippen LogP contribution in [0.4, 0.5) is 0 Å². The van der Waals surface area contributed by atoms with Crippen molar-refractivity contribution in [3.63, 3.8) is 0 Å². The number of aryl methyl sites for hydroxylation is 1. The SMILES string of the molecule is [2H]C1([2H])CC[C@H](C)C([2H])([2H])N1Cc1cc2c(Cl)cn(-c3cccc(C4(c5nncn5C)CC(C)C4)c3)c(=O)c2[nH]1. The van der Waals surface area contributed by atoms with E-state index in [9.17, 15) is 4.79 Å². The third-order valence-corrected chi connectivity index (χ3v) is 7.90. The Bertz CT molecular complexity index is 1650. The number of halogens is 1. The third-order valence-electron chi connectivity index (χ3n) is 7.60. The molecule has 1 saturated carbocycles. The van der Waals surface area contributed by atoms with Gasteiger partial charge in [-0.15, -0.1) is 10.2 Å². The summed E-state index contributed by atoms with van der Waals surface area (Å²) in [5, 5.41) is 9.45. The number of H-pyrrole nitrogens is 1. The predicted octanol–water partition coefficient (Wildman–Crippen LogP) is 5.05. The maximum absolute atomic E-state index is 13.8. The zero-order valence-electron chi connectivity index (χ0n) is 24.8. The second kappa shape index (κ2) is 8.89. The van der Waals surface area contributed by atoms with Crippen LogP contribution in [0.15, 0.2) is 47.7 Å². The van der Waals surface area contributed by atoms with E-state index >= 15 is 0 Å². The Morgan fingerprint density at radius 3 is 2.83 bits per heavy atom. The van der Waals surface area contributed by atoms with E-state index in [1.165, 1.54) is 9.47 Å². The van der Waals surface area contributed by atoms with E-state index in [-0.39, 0.29) is 29.9 Å². The first-order valence-corrected chi connectivity index (χ1v) is 12.9. The molecule has 1 saturated heterocycles. The van der Waals surface area contributed by atoms with Gasteiger partial charge in [-0.3, -0.25) is 14.3 Å². The van der Waals surface area contributed by atoms with Crippen LogP contribution < -0.4 is 5.56 Å². The van der Waals surface area contributed by atoms with Crippen molar-refractivity contribution in [2.24, 2.45) is 18.9 Å². The molecule has 7 nitrogen and oxygen atoms in total. The molecule has 1 aliphatic heterocycles. The van der Waals surface area contributed by atoms with Gasteiger partial charge in [0.05, 0.1) is 10.4 Å². The van der Waals surface area contributed by atoms with Crippen LogP contribution in [0, 0.1) is 11.8 Å². The fourth-order valence-corrected chi connectivity index (χ4v) is 6.16. The van der Waals surface area contributed by atoms with Crippen LogP contribution in [0.3, 0.4) is 0 Å². The molecule has 0 radical (unpaired) electrons. The van der Waals surface area contributed by atoms with Crippen LogP contribution in [-0.4, -0.2) is 42.2 Å². The molecule has 1 atom stereocenters. The van der Waals surface area contributed by atoms with Crippen molar-refractivity contribution in [1.29, 1.82) is 0 Å². The molecule has 3 aromatic heterocycles. The quantitative estimate of drug-likeness (QED) is 0.409. The lowest BCUT2D eigenvalue weighted by atomic mass is 9.58. The molecule has 6 rings (SSSR count). The summed E-state index contributed by atoms with van der Waals surface area (Å²) in [7, 11) is 1.95. The molecule has 2 fully saturated rings. The Morgan fingerprint density at radius 1 is 1.25 bits per heavy atom. The minimum Gasteiger partial charge on any atom is -0.353 e. The van der Waals surface area contributed by atoms with Crippen LogP contribution >= 0.6 is 11.6 Å². The van der Waals surface area contributed by atoms with E-state index in [2.05, 4.69) is 28.2 Å². The summed E-state index contributed by atoms with van der Waals surface area (Å²) in [6.45, 7) is 0.371. The Hall–Kier alpha value is -2.90. The number of aromatic nitrogens is 5. The number of piperidine rings is 1. The summed E-state index contributed by atoms with van der Waals surface area (Å²) in [4.78, 5) is 18.1. The first kappa shape index (κ1) is 19.2. The van der Waals surface area contributed by atoms with Gasteiger partial charge in [0.15, 0.2) is 0 Å². The molecule has 188 valence electrons. The first-order chi connectivity index (χ1) is 18.8. The molecule has 8 heteroatoms. The van der Waals surface area contributed by atoms with E-state index in [1.54, 1.807) is 25.5 Å². The van der Waals surface area contributed by atoms with E-state index in [0.717, 1.165) is 24.2 Å². The predicted molar refractivity (Wildman–Crippen MR) is 143 cm³/mol. The van der Waals surface area contributed by atoms with Crippen molar-refractivity contribution in [3.05, 3.63) is 75.3 Å². The van der Waals surface area contributed by atoms with Gasteiger partial charge in [-0.25, -0.2) is 0 Å². The van der Waals surface area contributed by atoms with Gasteiger partial charge in [0.2, 0.25) is 0 Å². The molecule has 0 unspecified atom stereocenters. The molecule has 2 aliphatic rings. The summed E-state index contributed by atoms with van der Waals surface area (Å²) in [5.41, 5.74) is 2.03. The number of rotatable bonds is 5. The number of pyridine rings is 1. The van der Waals surface area contributed by atoms with Crippen molar-refractivity contribution in [3.8, 4) is 5.69 Å². The maximum atomic E-state index is 13.8. The highest BCUT2D eigenvalue weighted by Crippen LogP contribution is 2.51. The molecule has 4 heterocycles. The number of hydrogen-bond donors (Lipinski definition) is 1. The van der Waals surface area contributed by atoms with Gasteiger partial charge < -0.3 is 9.55 Å².